The summed E-state index contributed by atoms with van der Waals surface area (Å²) in [5.41, 5.74) is -0.407. The van der Waals surface area contributed by atoms with Gasteiger partial charge < -0.3 is 9.47 Å². The number of hydrogen-bond donors (Lipinski definition) is 1. The van der Waals surface area contributed by atoms with E-state index >= 15 is 0 Å². The topological polar surface area (TPSA) is 54.3 Å². The van der Waals surface area contributed by atoms with E-state index in [1.165, 1.54) is 0 Å². The molecule has 4 heteroatoms. The van der Waals surface area contributed by atoms with Gasteiger partial charge in [-0.1, -0.05) is 0 Å². The average Bonchev–Trinajstić information content (AvgIpc) is 2.34. The minimum atomic E-state index is -0.407. The molecule has 0 heterocycles. The van der Waals surface area contributed by atoms with Gasteiger partial charge in [-0.2, -0.15) is 5.26 Å². The van der Waals surface area contributed by atoms with E-state index in [1.54, 1.807) is 0 Å². The highest BCUT2D eigenvalue weighted by Gasteiger charge is 2.37. The molecule has 0 aromatic heterocycles. The largest absolute Gasteiger partial charge is 0.376 e. The quantitative estimate of drug-likeness (QED) is 0.721. The highest BCUT2D eigenvalue weighted by Crippen LogP contribution is 2.30. The minimum absolute atomic E-state index is 0.176. The smallest absolute Gasteiger partial charge is 0.109 e. The molecule has 0 saturated heterocycles. The fourth-order valence-corrected chi connectivity index (χ4v) is 2.68. The Labute approximate surface area is 117 Å². The van der Waals surface area contributed by atoms with Crippen LogP contribution in [0, 0.1) is 11.3 Å². The van der Waals surface area contributed by atoms with Crippen molar-refractivity contribution in [3.8, 4) is 6.07 Å². The summed E-state index contributed by atoms with van der Waals surface area (Å²) in [5, 5.41) is 12.9. The lowest BCUT2D eigenvalue weighted by Gasteiger charge is -2.37. The lowest BCUT2D eigenvalue weighted by Crippen LogP contribution is -2.52. The zero-order valence-electron chi connectivity index (χ0n) is 12.7. The van der Waals surface area contributed by atoms with Crippen LogP contribution in [0.4, 0.5) is 0 Å². The lowest BCUT2D eigenvalue weighted by molar-refractivity contribution is -0.0341. The first kappa shape index (κ1) is 16.4. The maximum absolute atomic E-state index is 9.46. The van der Waals surface area contributed by atoms with Crippen molar-refractivity contribution in [2.75, 3.05) is 13.2 Å². The molecule has 1 rings (SSSR count). The monoisotopic (exact) mass is 268 g/mol. The summed E-state index contributed by atoms with van der Waals surface area (Å²) in [6, 6.07) is 2.79. The second-order valence-electron chi connectivity index (χ2n) is 6.00. The molecule has 1 aliphatic carbocycles. The third-order valence-electron chi connectivity index (χ3n) is 3.37. The maximum atomic E-state index is 9.46. The molecule has 0 bridgehead atoms. The molecule has 0 aliphatic heterocycles. The van der Waals surface area contributed by atoms with Gasteiger partial charge in [-0.25, -0.2) is 0 Å². The van der Waals surface area contributed by atoms with Crippen LogP contribution >= 0.6 is 0 Å². The van der Waals surface area contributed by atoms with E-state index in [1.807, 2.05) is 13.8 Å². The third-order valence-corrected chi connectivity index (χ3v) is 3.37. The molecule has 1 saturated carbocycles. The van der Waals surface area contributed by atoms with E-state index in [-0.39, 0.29) is 12.2 Å². The summed E-state index contributed by atoms with van der Waals surface area (Å²) in [5.74, 6) is 0. The van der Waals surface area contributed by atoms with Crippen molar-refractivity contribution in [1.82, 2.24) is 5.32 Å². The molecule has 1 N–H and O–H groups in total. The second-order valence-corrected chi connectivity index (χ2v) is 6.00. The molecule has 2 atom stereocenters. The Morgan fingerprint density at radius 3 is 2.63 bits per heavy atom. The first-order valence-electron chi connectivity index (χ1n) is 7.39. The first-order chi connectivity index (χ1) is 8.97. The fourth-order valence-electron chi connectivity index (χ4n) is 2.68. The highest BCUT2D eigenvalue weighted by atomic mass is 16.5. The molecule has 4 nitrogen and oxygen atoms in total. The van der Waals surface area contributed by atoms with Crippen LogP contribution in [0.15, 0.2) is 0 Å². The zero-order valence-corrected chi connectivity index (χ0v) is 12.7. The molecule has 1 aliphatic rings. The molecule has 0 aromatic rings. The Hall–Kier alpha value is -0.630. The minimum Gasteiger partial charge on any atom is -0.376 e. The zero-order chi connectivity index (χ0) is 14.3. The van der Waals surface area contributed by atoms with Crippen molar-refractivity contribution in [2.45, 2.75) is 77.2 Å². The van der Waals surface area contributed by atoms with Crippen molar-refractivity contribution in [3.63, 3.8) is 0 Å². The van der Waals surface area contributed by atoms with Gasteiger partial charge in [0.15, 0.2) is 0 Å². The Bertz CT molecular complexity index is 299. The van der Waals surface area contributed by atoms with E-state index < -0.39 is 5.54 Å². The number of hydrogen-bond acceptors (Lipinski definition) is 4. The van der Waals surface area contributed by atoms with Gasteiger partial charge in [-0.3, -0.25) is 5.32 Å². The Morgan fingerprint density at radius 1 is 1.32 bits per heavy atom. The summed E-state index contributed by atoms with van der Waals surface area (Å²) in [4.78, 5) is 0. The van der Waals surface area contributed by atoms with E-state index in [0.717, 1.165) is 25.7 Å². The molecule has 0 spiro atoms. The van der Waals surface area contributed by atoms with E-state index in [2.05, 4.69) is 25.2 Å². The lowest BCUT2D eigenvalue weighted by atomic mass is 9.80. The Morgan fingerprint density at radius 2 is 2.05 bits per heavy atom. The number of ether oxygens (including phenoxy) is 2. The number of nitrogens with one attached hydrogen (secondary N) is 1. The van der Waals surface area contributed by atoms with Crippen LogP contribution in [0.2, 0.25) is 0 Å². The molecule has 2 unspecified atom stereocenters. The van der Waals surface area contributed by atoms with Crippen LogP contribution in [0.25, 0.3) is 0 Å². The SMILES string of the molecule is CC(C)NC1(C#N)CCCC(OCCOC(C)C)C1. The normalized spacial score (nSPS) is 27.7. The first-order valence-corrected chi connectivity index (χ1v) is 7.39. The van der Waals surface area contributed by atoms with Crippen LogP contribution < -0.4 is 5.32 Å². The molecule has 0 radical (unpaired) electrons. The summed E-state index contributed by atoms with van der Waals surface area (Å²) >= 11 is 0. The summed E-state index contributed by atoms with van der Waals surface area (Å²) in [6.45, 7) is 9.46. The molecule has 110 valence electrons. The van der Waals surface area contributed by atoms with Gasteiger partial charge in [-0.15, -0.1) is 0 Å². The van der Waals surface area contributed by atoms with Crippen LogP contribution in [0.1, 0.15) is 53.4 Å². The molecule has 1 fully saturated rings. The van der Waals surface area contributed by atoms with Gasteiger partial charge in [-0.05, 0) is 47.0 Å². The van der Waals surface area contributed by atoms with Crippen LogP contribution in [0.5, 0.6) is 0 Å². The van der Waals surface area contributed by atoms with Gasteiger partial charge in [0, 0.05) is 12.5 Å². The number of nitriles is 1. The highest BCUT2D eigenvalue weighted by molar-refractivity contribution is 5.10. The molecule has 0 aromatic carbocycles. The summed E-state index contributed by atoms with van der Waals surface area (Å²) < 4.78 is 11.3. The van der Waals surface area contributed by atoms with Gasteiger partial charge in [0.1, 0.15) is 5.54 Å². The number of nitrogens with zero attached hydrogens (tertiary/aromatic N) is 1. The van der Waals surface area contributed by atoms with Crippen LogP contribution in [-0.2, 0) is 9.47 Å². The Kier molecular flexibility index (Phi) is 6.78. The predicted molar refractivity (Wildman–Crippen MR) is 75.9 cm³/mol. The van der Waals surface area contributed by atoms with Crippen LogP contribution in [-0.4, -0.2) is 37.0 Å². The van der Waals surface area contributed by atoms with Gasteiger partial charge in [0.2, 0.25) is 0 Å². The van der Waals surface area contributed by atoms with Crippen LogP contribution in [0.3, 0.4) is 0 Å². The van der Waals surface area contributed by atoms with E-state index in [0.29, 0.717) is 19.3 Å². The third kappa shape index (κ3) is 5.90. The standard InChI is InChI=1S/C15H28N2O2/c1-12(2)17-15(11-16)7-5-6-14(10-15)19-9-8-18-13(3)4/h12-14,17H,5-10H2,1-4H3. The van der Waals surface area contributed by atoms with Crippen molar-refractivity contribution in [3.05, 3.63) is 0 Å². The van der Waals surface area contributed by atoms with Gasteiger partial charge >= 0.3 is 0 Å². The fraction of sp³-hybridized carbons (Fsp3) is 0.933. The maximum Gasteiger partial charge on any atom is 0.109 e. The van der Waals surface area contributed by atoms with Crippen molar-refractivity contribution in [2.24, 2.45) is 0 Å². The predicted octanol–water partition coefficient (Wildman–Crippen LogP) is 2.63. The second kappa shape index (κ2) is 7.84. The van der Waals surface area contributed by atoms with Crippen molar-refractivity contribution >= 4 is 0 Å². The van der Waals surface area contributed by atoms with E-state index in [9.17, 15) is 5.26 Å². The Balaban J connectivity index is 2.38. The van der Waals surface area contributed by atoms with Crippen molar-refractivity contribution in [1.29, 1.82) is 5.26 Å². The number of rotatable bonds is 7. The van der Waals surface area contributed by atoms with E-state index in [4.69, 9.17) is 9.47 Å². The molecular formula is C15H28N2O2. The average molecular weight is 268 g/mol. The molecule has 19 heavy (non-hydrogen) atoms. The molecule has 0 amide bonds. The summed E-state index contributed by atoms with van der Waals surface area (Å²) in [6.07, 6.45) is 4.22. The van der Waals surface area contributed by atoms with Gasteiger partial charge in [0.25, 0.3) is 0 Å². The summed E-state index contributed by atoms with van der Waals surface area (Å²) in [7, 11) is 0. The van der Waals surface area contributed by atoms with Gasteiger partial charge in [0.05, 0.1) is 31.5 Å². The molecular weight excluding hydrogens is 240 g/mol. The van der Waals surface area contributed by atoms with Crippen molar-refractivity contribution < 1.29 is 9.47 Å².